The number of anilines is 1. The second-order valence-corrected chi connectivity index (χ2v) is 9.33. The summed E-state index contributed by atoms with van der Waals surface area (Å²) in [7, 11) is 0. The lowest BCUT2D eigenvalue weighted by molar-refractivity contribution is -0.116. The number of hydrogen-bond acceptors (Lipinski definition) is 4. The molecule has 0 unspecified atom stereocenters. The van der Waals surface area contributed by atoms with Crippen LogP contribution in [-0.2, 0) is 16.0 Å². The molecule has 0 spiro atoms. The van der Waals surface area contributed by atoms with Crippen molar-refractivity contribution in [3.05, 3.63) is 84.1 Å². The lowest BCUT2D eigenvalue weighted by atomic mass is 9.95. The molecule has 2 aliphatic rings. The van der Waals surface area contributed by atoms with E-state index in [2.05, 4.69) is 17.2 Å². The number of amides is 2. The SMILES string of the molecule is C=C1CC(CC(=O)Nc2ccc(C[C@@H]3CC[C@H]([C@H](O)COc4ccccc4)C3)cc2)=CC(=O)N1. The third kappa shape index (κ3) is 6.81. The molecule has 6 nitrogen and oxygen atoms in total. The van der Waals surface area contributed by atoms with E-state index in [-0.39, 0.29) is 24.2 Å². The number of rotatable bonds is 9. The van der Waals surface area contributed by atoms with Crippen molar-refractivity contribution >= 4 is 17.5 Å². The molecule has 1 saturated carbocycles. The number of allylic oxidation sites excluding steroid dienone is 1. The van der Waals surface area contributed by atoms with Gasteiger partial charge in [0.2, 0.25) is 11.8 Å². The van der Waals surface area contributed by atoms with E-state index in [0.717, 1.165) is 42.7 Å². The average molecular weight is 461 g/mol. The van der Waals surface area contributed by atoms with E-state index in [1.807, 2.05) is 54.6 Å². The Kier molecular flexibility index (Phi) is 7.80. The van der Waals surface area contributed by atoms with Gasteiger partial charge in [-0.15, -0.1) is 0 Å². The van der Waals surface area contributed by atoms with Crippen LogP contribution in [0.15, 0.2) is 78.5 Å². The Morgan fingerprint density at radius 3 is 2.65 bits per heavy atom. The summed E-state index contributed by atoms with van der Waals surface area (Å²) in [6.07, 6.45) is 5.76. The van der Waals surface area contributed by atoms with E-state index in [1.54, 1.807) is 0 Å². The van der Waals surface area contributed by atoms with Crippen LogP contribution in [0, 0.1) is 11.8 Å². The summed E-state index contributed by atoms with van der Waals surface area (Å²) in [4.78, 5) is 23.9. The minimum absolute atomic E-state index is 0.146. The summed E-state index contributed by atoms with van der Waals surface area (Å²) in [5, 5.41) is 16.1. The quantitative estimate of drug-likeness (QED) is 0.518. The Balaban J connectivity index is 1.21. The molecule has 6 heteroatoms. The van der Waals surface area contributed by atoms with Crippen molar-refractivity contribution in [1.82, 2.24) is 5.32 Å². The zero-order valence-electron chi connectivity index (χ0n) is 19.3. The first-order chi connectivity index (χ1) is 16.4. The van der Waals surface area contributed by atoms with Gasteiger partial charge in [0.1, 0.15) is 12.4 Å². The lowest BCUT2D eigenvalue weighted by Crippen LogP contribution is -2.26. The number of para-hydroxylation sites is 1. The van der Waals surface area contributed by atoms with E-state index >= 15 is 0 Å². The number of carbonyl (C=O) groups excluding carboxylic acids is 2. The summed E-state index contributed by atoms with van der Waals surface area (Å²) in [6, 6.07) is 17.5. The maximum absolute atomic E-state index is 12.4. The van der Waals surface area contributed by atoms with Gasteiger partial charge < -0.3 is 20.5 Å². The minimum Gasteiger partial charge on any atom is -0.491 e. The van der Waals surface area contributed by atoms with Gasteiger partial charge in [0.25, 0.3) is 0 Å². The fraction of sp³-hybridized carbons (Fsp3) is 0.357. The molecule has 3 N–H and O–H groups in total. The minimum atomic E-state index is -0.453. The third-order valence-corrected chi connectivity index (χ3v) is 6.52. The molecule has 4 rings (SSSR count). The first-order valence-corrected chi connectivity index (χ1v) is 11.9. The fourth-order valence-corrected chi connectivity index (χ4v) is 4.83. The van der Waals surface area contributed by atoms with Crippen LogP contribution in [-0.4, -0.2) is 29.6 Å². The Labute approximate surface area is 200 Å². The van der Waals surface area contributed by atoms with Crippen LogP contribution < -0.4 is 15.4 Å². The van der Waals surface area contributed by atoms with Gasteiger partial charge in [-0.2, -0.15) is 0 Å². The van der Waals surface area contributed by atoms with Gasteiger partial charge in [-0.05, 0) is 72.9 Å². The van der Waals surface area contributed by atoms with Gasteiger partial charge in [-0.1, -0.05) is 36.9 Å². The van der Waals surface area contributed by atoms with Crippen LogP contribution in [0.3, 0.4) is 0 Å². The highest BCUT2D eigenvalue weighted by Crippen LogP contribution is 2.35. The second-order valence-electron chi connectivity index (χ2n) is 9.33. The molecule has 178 valence electrons. The lowest BCUT2D eigenvalue weighted by Gasteiger charge is -2.19. The monoisotopic (exact) mass is 460 g/mol. The summed E-state index contributed by atoms with van der Waals surface area (Å²) < 4.78 is 5.72. The standard InChI is InChI=1S/C28H32N2O4/c1-19-13-22(16-27(32)29-19)17-28(33)30-24-11-8-20(9-12-24)14-21-7-10-23(15-21)26(31)18-34-25-5-3-2-4-6-25/h2-6,8-9,11-12,16,21,23,26,31H,1,7,10,13-15,17-18H2,(H,29,32)(H,30,33)/t21-,23-,26+/m0/s1. The van der Waals surface area contributed by atoms with Crippen molar-refractivity contribution in [2.75, 3.05) is 11.9 Å². The van der Waals surface area contributed by atoms with Crippen LogP contribution >= 0.6 is 0 Å². The van der Waals surface area contributed by atoms with E-state index in [0.29, 0.717) is 24.6 Å². The summed E-state index contributed by atoms with van der Waals surface area (Å²) in [5.74, 6) is 1.21. The van der Waals surface area contributed by atoms with Crippen molar-refractivity contribution in [3.8, 4) is 5.75 Å². The van der Waals surface area contributed by atoms with Crippen molar-refractivity contribution < 1.29 is 19.4 Å². The molecule has 0 bridgehead atoms. The van der Waals surface area contributed by atoms with E-state index in [4.69, 9.17) is 4.74 Å². The number of aliphatic hydroxyl groups excluding tert-OH is 1. The topological polar surface area (TPSA) is 87.7 Å². The Bertz CT molecular complexity index is 1050. The molecule has 2 aromatic carbocycles. The Hall–Kier alpha value is -3.38. The number of ether oxygens (including phenoxy) is 1. The van der Waals surface area contributed by atoms with Gasteiger partial charge in [-0.25, -0.2) is 0 Å². The maximum Gasteiger partial charge on any atom is 0.248 e. The first-order valence-electron chi connectivity index (χ1n) is 11.9. The van der Waals surface area contributed by atoms with Crippen LogP contribution in [0.5, 0.6) is 5.75 Å². The highest BCUT2D eigenvalue weighted by atomic mass is 16.5. The third-order valence-electron chi connectivity index (χ3n) is 6.52. The zero-order chi connectivity index (χ0) is 23.9. The van der Waals surface area contributed by atoms with Crippen LogP contribution in [0.2, 0.25) is 0 Å². The molecule has 34 heavy (non-hydrogen) atoms. The predicted molar refractivity (Wildman–Crippen MR) is 132 cm³/mol. The smallest absolute Gasteiger partial charge is 0.248 e. The number of aliphatic hydroxyl groups is 1. The van der Waals surface area contributed by atoms with Gasteiger partial charge in [0.05, 0.1) is 6.10 Å². The predicted octanol–water partition coefficient (Wildman–Crippen LogP) is 4.37. The van der Waals surface area contributed by atoms with Crippen molar-refractivity contribution in [1.29, 1.82) is 0 Å². The normalized spacial score (nSPS) is 20.9. The molecular formula is C28H32N2O4. The van der Waals surface area contributed by atoms with Gasteiger partial charge in [-0.3, -0.25) is 9.59 Å². The second kappa shape index (κ2) is 11.2. The van der Waals surface area contributed by atoms with Gasteiger partial charge in [0.15, 0.2) is 0 Å². The van der Waals surface area contributed by atoms with Crippen molar-refractivity contribution in [2.45, 2.75) is 44.6 Å². The molecule has 2 amide bonds. The first kappa shape index (κ1) is 23.8. The molecule has 2 aromatic rings. The number of benzene rings is 2. The zero-order valence-corrected chi connectivity index (χ0v) is 19.3. The molecule has 1 aliphatic heterocycles. The number of hydrogen-bond donors (Lipinski definition) is 3. The summed E-state index contributed by atoms with van der Waals surface area (Å²) in [6.45, 7) is 4.09. The number of carbonyl (C=O) groups is 2. The molecule has 1 heterocycles. The molecular weight excluding hydrogens is 428 g/mol. The van der Waals surface area contributed by atoms with Crippen LogP contribution in [0.25, 0.3) is 0 Å². The van der Waals surface area contributed by atoms with E-state index < -0.39 is 6.10 Å². The van der Waals surface area contributed by atoms with E-state index in [1.165, 1.54) is 11.6 Å². The summed E-state index contributed by atoms with van der Waals surface area (Å²) >= 11 is 0. The van der Waals surface area contributed by atoms with Crippen LogP contribution in [0.1, 0.15) is 37.7 Å². The summed E-state index contributed by atoms with van der Waals surface area (Å²) in [5.41, 5.74) is 3.34. The van der Waals surface area contributed by atoms with Crippen molar-refractivity contribution in [3.63, 3.8) is 0 Å². The Morgan fingerprint density at radius 2 is 1.91 bits per heavy atom. The highest BCUT2D eigenvalue weighted by molar-refractivity contribution is 5.96. The Morgan fingerprint density at radius 1 is 1.15 bits per heavy atom. The van der Waals surface area contributed by atoms with Crippen molar-refractivity contribution in [2.24, 2.45) is 11.8 Å². The average Bonchev–Trinajstić information content (AvgIpc) is 3.27. The molecule has 1 fully saturated rings. The highest BCUT2D eigenvalue weighted by Gasteiger charge is 2.30. The molecule has 3 atom stereocenters. The molecule has 0 radical (unpaired) electrons. The fourth-order valence-electron chi connectivity index (χ4n) is 4.83. The van der Waals surface area contributed by atoms with Crippen LogP contribution in [0.4, 0.5) is 5.69 Å². The molecule has 0 saturated heterocycles. The number of nitrogens with one attached hydrogen (secondary N) is 2. The van der Waals surface area contributed by atoms with Gasteiger partial charge >= 0.3 is 0 Å². The van der Waals surface area contributed by atoms with E-state index in [9.17, 15) is 14.7 Å². The molecule has 1 aliphatic carbocycles. The molecule has 0 aromatic heterocycles. The van der Waals surface area contributed by atoms with Gasteiger partial charge in [0, 0.05) is 30.3 Å². The largest absolute Gasteiger partial charge is 0.491 e. The maximum atomic E-state index is 12.4.